The SMILES string of the molecule is Cc1ccc(Nc2nnc(-c3ccncc3)s2)cc1C. The number of benzene rings is 1. The van der Waals surface area contributed by atoms with Crippen LogP contribution in [0.1, 0.15) is 11.1 Å². The first kappa shape index (κ1) is 12.7. The molecular weight excluding hydrogens is 268 g/mol. The number of nitrogens with one attached hydrogen (secondary N) is 1. The smallest absolute Gasteiger partial charge is 0.210 e. The summed E-state index contributed by atoms with van der Waals surface area (Å²) in [6.45, 7) is 4.20. The minimum absolute atomic E-state index is 0.792. The van der Waals surface area contributed by atoms with Crippen molar-refractivity contribution in [1.29, 1.82) is 0 Å². The number of aryl methyl sites for hydroxylation is 2. The number of nitrogens with zero attached hydrogens (tertiary/aromatic N) is 3. The quantitative estimate of drug-likeness (QED) is 0.790. The summed E-state index contributed by atoms with van der Waals surface area (Å²) in [6, 6.07) is 10.1. The number of anilines is 2. The lowest BCUT2D eigenvalue weighted by atomic mass is 10.1. The molecule has 0 saturated carbocycles. The van der Waals surface area contributed by atoms with Gasteiger partial charge in [0.15, 0.2) is 0 Å². The average Bonchev–Trinajstić information content (AvgIpc) is 2.92. The topological polar surface area (TPSA) is 50.7 Å². The van der Waals surface area contributed by atoms with Gasteiger partial charge in [-0.05, 0) is 49.2 Å². The highest BCUT2D eigenvalue weighted by Gasteiger charge is 2.06. The maximum Gasteiger partial charge on any atom is 0.210 e. The molecule has 0 saturated heterocycles. The molecule has 0 unspecified atom stereocenters. The summed E-state index contributed by atoms with van der Waals surface area (Å²) in [4.78, 5) is 4.00. The van der Waals surface area contributed by atoms with Crippen LogP contribution in [0.4, 0.5) is 10.8 Å². The fraction of sp³-hybridized carbons (Fsp3) is 0.133. The Morgan fingerprint density at radius 3 is 2.50 bits per heavy atom. The highest BCUT2D eigenvalue weighted by atomic mass is 32.1. The molecule has 3 aromatic rings. The molecule has 3 rings (SSSR count). The molecule has 0 aliphatic carbocycles. The van der Waals surface area contributed by atoms with E-state index >= 15 is 0 Å². The molecular formula is C15H14N4S. The fourth-order valence-corrected chi connectivity index (χ4v) is 2.60. The maximum absolute atomic E-state index is 4.20. The van der Waals surface area contributed by atoms with Crippen molar-refractivity contribution in [3.05, 3.63) is 53.9 Å². The first-order valence-corrected chi connectivity index (χ1v) is 7.12. The summed E-state index contributed by atoms with van der Waals surface area (Å²) >= 11 is 1.53. The third-order valence-corrected chi connectivity index (χ3v) is 4.00. The van der Waals surface area contributed by atoms with E-state index in [9.17, 15) is 0 Å². The van der Waals surface area contributed by atoms with Gasteiger partial charge in [0, 0.05) is 23.6 Å². The molecule has 2 heterocycles. The monoisotopic (exact) mass is 282 g/mol. The Bertz CT molecular complexity index is 722. The predicted molar refractivity (Wildman–Crippen MR) is 82.3 cm³/mol. The van der Waals surface area contributed by atoms with Crippen molar-refractivity contribution in [3.63, 3.8) is 0 Å². The molecule has 0 atom stereocenters. The molecule has 1 aromatic carbocycles. The molecule has 0 amide bonds. The minimum Gasteiger partial charge on any atom is -0.330 e. The lowest BCUT2D eigenvalue weighted by molar-refractivity contribution is 1.10. The highest BCUT2D eigenvalue weighted by Crippen LogP contribution is 2.28. The lowest BCUT2D eigenvalue weighted by Crippen LogP contribution is -1.91. The van der Waals surface area contributed by atoms with Crippen LogP contribution in [-0.4, -0.2) is 15.2 Å². The Kier molecular flexibility index (Phi) is 3.43. The number of hydrogen-bond donors (Lipinski definition) is 1. The number of rotatable bonds is 3. The van der Waals surface area contributed by atoms with Crippen LogP contribution >= 0.6 is 11.3 Å². The van der Waals surface area contributed by atoms with Gasteiger partial charge in [0.2, 0.25) is 5.13 Å². The third-order valence-electron chi connectivity index (χ3n) is 3.11. The van der Waals surface area contributed by atoms with Crippen LogP contribution in [-0.2, 0) is 0 Å². The van der Waals surface area contributed by atoms with Gasteiger partial charge in [0.25, 0.3) is 0 Å². The van der Waals surface area contributed by atoms with Crippen LogP contribution < -0.4 is 5.32 Å². The Labute approximate surface area is 121 Å². The molecule has 0 aliphatic heterocycles. The lowest BCUT2D eigenvalue weighted by Gasteiger charge is -2.05. The second kappa shape index (κ2) is 5.38. The molecule has 20 heavy (non-hydrogen) atoms. The molecule has 0 bridgehead atoms. The van der Waals surface area contributed by atoms with E-state index in [0.717, 1.165) is 21.4 Å². The minimum atomic E-state index is 0.792. The molecule has 100 valence electrons. The summed E-state index contributed by atoms with van der Waals surface area (Å²) < 4.78 is 0. The Morgan fingerprint density at radius 2 is 1.75 bits per heavy atom. The van der Waals surface area contributed by atoms with Crippen molar-refractivity contribution in [2.45, 2.75) is 13.8 Å². The third kappa shape index (κ3) is 2.67. The number of hydrogen-bond acceptors (Lipinski definition) is 5. The molecule has 0 fully saturated rings. The fourth-order valence-electron chi connectivity index (χ4n) is 1.83. The number of pyridine rings is 1. The summed E-state index contributed by atoms with van der Waals surface area (Å²) in [6.07, 6.45) is 3.51. The van der Waals surface area contributed by atoms with E-state index in [1.54, 1.807) is 12.4 Å². The second-order valence-electron chi connectivity index (χ2n) is 4.57. The van der Waals surface area contributed by atoms with E-state index in [-0.39, 0.29) is 0 Å². The molecule has 2 aromatic heterocycles. The van der Waals surface area contributed by atoms with Gasteiger partial charge in [-0.25, -0.2) is 0 Å². The second-order valence-corrected chi connectivity index (χ2v) is 5.55. The van der Waals surface area contributed by atoms with E-state index in [2.05, 4.69) is 52.5 Å². The first-order chi connectivity index (χ1) is 9.72. The Balaban J connectivity index is 1.82. The van der Waals surface area contributed by atoms with E-state index in [4.69, 9.17) is 0 Å². The molecule has 0 radical (unpaired) electrons. The van der Waals surface area contributed by atoms with Gasteiger partial charge in [-0.15, -0.1) is 10.2 Å². The van der Waals surface area contributed by atoms with E-state index < -0.39 is 0 Å². The van der Waals surface area contributed by atoms with Gasteiger partial charge in [-0.2, -0.15) is 0 Å². The molecule has 4 nitrogen and oxygen atoms in total. The normalized spacial score (nSPS) is 10.5. The summed E-state index contributed by atoms with van der Waals surface area (Å²) in [7, 11) is 0. The summed E-state index contributed by atoms with van der Waals surface area (Å²) in [5.74, 6) is 0. The van der Waals surface area contributed by atoms with Gasteiger partial charge in [0.05, 0.1) is 0 Å². The van der Waals surface area contributed by atoms with Crippen molar-refractivity contribution < 1.29 is 0 Å². The molecule has 0 aliphatic rings. The van der Waals surface area contributed by atoms with Gasteiger partial charge in [0.1, 0.15) is 5.01 Å². The molecule has 1 N–H and O–H groups in total. The largest absolute Gasteiger partial charge is 0.330 e. The van der Waals surface area contributed by atoms with Crippen molar-refractivity contribution in [2.75, 3.05) is 5.32 Å². The van der Waals surface area contributed by atoms with Crippen LogP contribution in [0.15, 0.2) is 42.7 Å². The van der Waals surface area contributed by atoms with Gasteiger partial charge in [-0.1, -0.05) is 17.4 Å². The summed E-state index contributed by atoms with van der Waals surface area (Å²) in [5, 5.41) is 13.3. The van der Waals surface area contributed by atoms with Crippen molar-refractivity contribution in [2.24, 2.45) is 0 Å². The highest BCUT2D eigenvalue weighted by molar-refractivity contribution is 7.18. The average molecular weight is 282 g/mol. The maximum atomic E-state index is 4.20. The zero-order valence-corrected chi connectivity index (χ0v) is 12.1. The first-order valence-electron chi connectivity index (χ1n) is 6.30. The van der Waals surface area contributed by atoms with Gasteiger partial charge >= 0.3 is 0 Å². The van der Waals surface area contributed by atoms with Crippen LogP contribution in [0.2, 0.25) is 0 Å². The van der Waals surface area contributed by atoms with Crippen LogP contribution in [0.25, 0.3) is 10.6 Å². The van der Waals surface area contributed by atoms with Crippen molar-refractivity contribution >= 4 is 22.2 Å². The van der Waals surface area contributed by atoms with Crippen LogP contribution in [0.3, 0.4) is 0 Å². The summed E-state index contributed by atoms with van der Waals surface area (Å²) in [5.41, 5.74) is 4.61. The molecule has 5 heteroatoms. The predicted octanol–water partition coefficient (Wildman–Crippen LogP) is 3.96. The van der Waals surface area contributed by atoms with Crippen LogP contribution in [0.5, 0.6) is 0 Å². The van der Waals surface area contributed by atoms with E-state index in [0.29, 0.717) is 0 Å². The van der Waals surface area contributed by atoms with Crippen molar-refractivity contribution in [1.82, 2.24) is 15.2 Å². The van der Waals surface area contributed by atoms with E-state index in [1.807, 2.05) is 12.1 Å². The number of aromatic nitrogens is 3. The standard InChI is InChI=1S/C15H14N4S/c1-10-3-4-13(9-11(10)2)17-15-19-18-14(20-15)12-5-7-16-8-6-12/h3-9H,1-2H3,(H,17,19). The Morgan fingerprint density at radius 1 is 0.950 bits per heavy atom. The van der Waals surface area contributed by atoms with Crippen molar-refractivity contribution in [3.8, 4) is 10.6 Å². The molecule has 0 spiro atoms. The van der Waals surface area contributed by atoms with Crippen LogP contribution in [0, 0.1) is 13.8 Å². The van der Waals surface area contributed by atoms with Gasteiger partial charge < -0.3 is 5.32 Å². The van der Waals surface area contributed by atoms with Gasteiger partial charge in [-0.3, -0.25) is 4.98 Å². The zero-order valence-electron chi connectivity index (χ0n) is 11.3. The Hall–Kier alpha value is -2.27. The van der Waals surface area contributed by atoms with E-state index in [1.165, 1.54) is 22.5 Å². The zero-order chi connectivity index (χ0) is 13.9.